The summed E-state index contributed by atoms with van der Waals surface area (Å²) in [5.41, 5.74) is -0.949. The maximum Gasteiger partial charge on any atom is 0.331 e. The number of hydrogen-bond donors (Lipinski definition) is 2. The molecule has 6 heteroatoms. The van der Waals surface area contributed by atoms with Crippen LogP contribution in [-0.2, 0) is 9.59 Å². The number of nitrogens with zero attached hydrogens (tertiary/aromatic N) is 1. The minimum absolute atomic E-state index is 0.0359. The Kier molecular flexibility index (Phi) is 11.8. The van der Waals surface area contributed by atoms with E-state index in [1.54, 1.807) is 0 Å². The topological polar surface area (TPSA) is 77.8 Å². The van der Waals surface area contributed by atoms with E-state index < -0.39 is 17.4 Å². The highest BCUT2D eigenvalue weighted by atomic mass is 19.1. The van der Waals surface area contributed by atoms with Gasteiger partial charge in [0.2, 0.25) is 0 Å². The summed E-state index contributed by atoms with van der Waals surface area (Å²) in [6.45, 7) is 7.84. The summed E-state index contributed by atoms with van der Waals surface area (Å²) < 4.78 is 9.50. The number of carbonyl (C=O) groups is 2. The van der Waals surface area contributed by atoms with E-state index in [1.807, 2.05) is 0 Å². The first-order valence-electron chi connectivity index (χ1n) is 8.84. The minimum atomic E-state index is -1.08. The number of alkyl halides is 1. The van der Waals surface area contributed by atoms with E-state index in [9.17, 15) is 14.0 Å². The zero-order valence-electron chi connectivity index (χ0n) is 15.6. The molecule has 1 saturated heterocycles. The predicted molar refractivity (Wildman–Crippen MR) is 97.4 cm³/mol. The van der Waals surface area contributed by atoms with E-state index in [0.29, 0.717) is 7.18 Å². The van der Waals surface area contributed by atoms with Crippen LogP contribution in [0.5, 0.6) is 0 Å². The van der Waals surface area contributed by atoms with Crippen LogP contribution in [0.2, 0.25) is 0 Å². The molecule has 2 aliphatic rings. The van der Waals surface area contributed by atoms with Crippen molar-refractivity contribution in [3.05, 3.63) is 23.8 Å². The summed E-state index contributed by atoms with van der Waals surface area (Å²) in [5, 5.41) is 17.5. The predicted octanol–water partition coefficient (Wildman–Crippen LogP) is 3.91. The molecule has 2 rings (SSSR count). The molecule has 5 nitrogen and oxygen atoms in total. The Morgan fingerprint density at radius 3 is 2.28 bits per heavy atom. The fourth-order valence-electron chi connectivity index (χ4n) is 2.75. The van der Waals surface area contributed by atoms with Gasteiger partial charge in [0.25, 0.3) is 0 Å². The third kappa shape index (κ3) is 8.82. The number of aliphatic carboxylic acids is 2. The summed E-state index contributed by atoms with van der Waals surface area (Å²) in [7, 11) is 0.500. The van der Waals surface area contributed by atoms with Crippen LogP contribution >= 0.6 is 0 Å². The second-order valence-electron chi connectivity index (χ2n) is 6.51. The zero-order chi connectivity index (χ0) is 19.3. The van der Waals surface area contributed by atoms with Gasteiger partial charge in [0.1, 0.15) is 0 Å². The van der Waals surface area contributed by atoms with Gasteiger partial charge in [-0.05, 0) is 52.2 Å². The monoisotopic (exact) mass is 357 g/mol. The van der Waals surface area contributed by atoms with Crippen LogP contribution in [0.1, 0.15) is 52.4 Å². The van der Waals surface area contributed by atoms with E-state index in [-0.39, 0.29) is 12.0 Å². The van der Waals surface area contributed by atoms with E-state index in [2.05, 4.69) is 11.8 Å². The second-order valence-corrected chi connectivity index (χ2v) is 6.51. The van der Waals surface area contributed by atoms with Gasteiger partial charge >= 0.3 is 11.9 Å². The smallest absolute Gasteiger partial charge is 0.331 e. The largest absolute Gasteiger partial charge is 0.481 e. The molecule has 2 N–H and O–H groups in total. The molecular formula is C19H32FNO4. The number of piperidine rings is 1. The van der Waals surface area contributed by atoms with Crippen molar-refractivity contribution in [2.24, 2.45) is 5.41 Å². The van der Waals surface area contributed by atoms with Crippen LogP contribution in [0.25, 0.3) is 0 Å². The van der Waals surface area contributed by atoms with Gasteiger partial charge < -0.3 is 15.1 Å². The molecule has 1 unspecified atom stereocenters. The minimum Gasteiger partial charge on any atom is -0.481 e. The zero-order valence-corrected chi connectivity index (χ0v) is 15.6. The van der Waals surface area contributed by atoms with Crippen molar-refractivity contribution in [3.63, 3.8) is 0 Å². The fourth-order valence-corrected chi connectivity index (χ4v) is 2.75. The molecule has 144 valence electrons. The third-order valence-corrected chi connectivity index (χ3v) is 4.36. The number of rotatable bonds is 5. The molecule has 1 fully saturated rings. The van der Waals surface area contributed by atoms with Crippen molar-refractivity contribution < 1.29 is 24.2 Å². The Morgan fingerprint density at radius 1 is 1.20 bits per heavy atom. The highest BCUT2D eigenvalue weighted by Crippen LogP contribution is 2.31. The van der Waals surface area contributed by atoms with E-state index in [4.69, 9.17) is 10.2 Å². The number of unbranched alkanes of at least 4 members (excludes halogenated alkanes) is 1. The fraction of sp³-hybridized carbons (Fsp3) is 0.684. The number of likely N-dealkylation sites (tertiary alicyclic amines) is 1. The number of allylic oxidation sites excluding steroid dienone is 2. The van der Waals surface area contributed by atoms with Crippen LogP contribution in [0.4, 0.5) is 4.39 Å². The standard InChI is InChI=1S/C9H19N.C9H10O4.CH3F/c1-2-3-7-10-8-5-4-6-9-10;1-9(8(12)13)4-2-3-6(5-9)7(10)11;1-2/h2-9H2,1H3;2-4H,5H2,1H3,(H,10,11)(H,12,13);1H3. The van der Waals surface area contributed by atoms with Gasteiger partial charge in [-0.1, -0.05) is 38.0 Å². The van der Waals surface area contributed by atoms with Gasteiger partial charge in [-0.25, -0.2) is 4.79 Å². The lowest BCUT2D eigenvalue weighted by molar-refractivity contribution is -0.145. The molecule has 0 saturated carbocycles. The van der Waals surface area contributed by atoms with Crippen molar-refractivity contribution >= 4 is 11.9 Å². The molecule has 0 aromatic heterocycles. The summed E-state index contributed by atoms with van der Waals surface area (Å²) in [6.07, 6.45) is 11.5. The Hall–Kier alpha value is -1.69. The molecule has 1 aliphatic carbocycles. The lowest BCUT2D eigenvalue weighted by atomic mass is 9.80. The quantitative estimate of drug-likeness (QED) is 0.780. The molecule has 0 radical (unpaired) electrons. The lowest BCUT2D eigenvalue weighted by Crippen LogP contribution is -2.30. The maximum absolute atomic E-state index is 10.8. The second kappa shape index (κ2) is 12.6. The van der Waals surface area contributed by atoms with Crippen molar-refractivity contribution in [2.75, 3.05) is 26.8 Å². The van der Waals surface area contributed by atoms with Crippen LogP contribution in [-0.4, -0.2) is 53.9 Å². The Morgan fingerprint density at radius 2 is 1.80 bits per heavy atom. The van der Waals surface area contributed by atoms with Gasteiger partial charge in [-0.2, -0.15) is 0 Å². The molecule has 25 heavy (non-hydrogen) atoms. The molecule has 0 bridgehead atoms. The van der Waals surface area contributed by atoms with Crippen molar-refractivity contribution in [1.29, 1.82) is 0 Å². The van der Waals surface area contributed by atoms with E-state index in [1.165, 1.54) is 76.9 Å². The van der Waals surface area contributed by atoms with Gasteiger partial charge in [-0.15, -0.1) is 0 Å². The molecule has 1 heterocycles. The van der Waals surface area contributed by atoms with E-state index >= 15 is 0 Å². The molecule has 0 aromatic carbocycles. The van der Waals surface area contributed by atoms with Crippen LogP contribution in [0, 0.1) is 5.41 Å². The van der Waals surface area contributed by atoms with Crippen molar-refractivity contribution in [3.8, 4) is 0 Å². The van der Waals surface area contributed by atoms with Crippen LogP contribution in [0.3, 0.4) is 0 Å². The number of carboxylic acids is 2. The average Bonchev–Trinajstić information content (AvgIpc) is 2.63. The average molecular weight is 357 g/mol. The normalized spacial score (nSPS) is 22.6. The molecule has 0 aromatic rings. The molecule has 0 amide bonds. The Labute approximate surface area is 150 Å². The number of hydrogen-bond acceptors (Lipinski definition) is 3. The van der Waals surface area contributed by atoms with Crippen LogP contribution < -0.4 is 0 Å². The highest BCUT2D eigenvalue weighted by Gasteiger charge is 2.34. The Balaban J connectivity index is 0.000000430. The molecular weight excluding hydrogens is 325 g/mol. The maximum atomic E-state index is 10.8. The van der Waals surface area contributed by atoms with Gasteiger partial charge in [-0.3, -0.25) is 9.18 Å². The molecule has 1 atom stereocenters. The van der Waals surface area contributed by atoms with Crippen LogP contribution in [0.15, 0.2) is 23.8 Å². The summed E-state index contributed by atoms with van der Waals surface area (Å²) in [5.74, 6) is -2.06. The van der Waals surface area contributed by atoms with Gasteiger partial charge in [0, 0.05) is 5.57 Å². The summed E-state index contributed by atoms with van der Waals surface area (Å²) in [6, 6.07) is 0. The molecule has 1 aliphatic heterocycles. The number of carboxylic acid groups (broad SMARTS) is 2. The summed E-state index contributed by atoms with van der Waals surface area (Å²) >= 11 is 0. The van der Waals surface area contributed by atoms with Crippen molar-refractivity contribution in [1.82, 2.24) is 4.90 Å². The SMILES string of the molecule is CC1(C(=O)O)C=CC=C(C(=O)O)C1.CCCCN1CCCCC1.CF. The molecule has 0 spiro atoms. The van der Waals surface area contributed by atoms with Gasteiger partial charge in [0.05, 0.1) is 12.6 Å². The summed E-state index contributed by atoms with van der Waals surface area (Å²) in [4.78, 5) is 23.9. The van der Waals surface area contributed by atoms with Crippen molar-refractivity contribution in [2.45, 2.75) is 52.4 Å². The first-order valence-corrected chi connectivity index (χ1v) is 8.84. The first-order chi connectivity index (χ1) is 11.9. The third-order valence-electron chi connectivity index (χ3n) is 4.36. The lowest BCUT2D eigenvalue weighted by Gasteiger charge is -2.25. The number of halogens is 1. The first kappa shape index (κ1) is 23.3. The van der Waals surface area contributed by atoms with E-state index in [0.717, 1.165) is 0 Å². The highest BCUT2D eigenvalue weighted by molar-refractivity contribution is 5.90. The Bertz CT molecular complexity index is 470. The van der Waals surface area contributed by atoms with Gasteiger partial charge in [0.15, 0.2) is 0 Å².